The second kappa shape index (κ2) is 8.10. The van der Waals surface area contributed by atoms with Gasteiger partial charge in [0, 0.05) is 0 Å². The molecule has 2 aromatic carbocycles. The highest BCUT2D eigenvalue weighted by molar-refractivity contribution is 7.20. The summed E-state index contributed by atoms with van der Waals surface area (Å²) < 4.78 is 43.9. The second-order valence-corrected chi connectivity index (χ2v) is 6.37. The van der Waals surface area contributed by atoms with Crippen LogP contribution in [-0.4, -0.2) is 24.0 Å². The minimum atomic E-state index is -4.42. The zero-order valence-corrected chi connectivity index (χ0v) is 14.7. The number of halogens is 3. The maximum atomic E-state index is 12.6. The maximum Gasteiger partial charge on any atom is 0.416 e. The van der Waals surface area contributed by atoms with Crippen molar-refractivity contribution >= 4 is 27.5 Å². The normalized spacial score (nSPS) is 10.9. The molecule has 0 atom stereocenters. The van der Waals surface area contributed by atoms with Gasteiger partial charge in [-0.15, -0.1) is 11.3 Å². The van der Waals surface area contributed by atoms with Gasteiger partial charge in [0.2, 0.25) is 0 Å². The summed E-state index contributed by atoms with van der Waals surface area (Å²) in [7, 11) is 0. The number of benzene rings is 2. The fourth-order valence-corrected chi connectivity index (χ4v) is 3.05. The average molecular weight is 390 g/mol. The van der Waals surface area contributed by atoms with Gasteiger partial charge in [-0.05, 0) is 30.3 Å². The number of ether oxygens (including phenoxy) is 1. The second-order valence-electron chi connectivity index (χ2n) is 5.34. The predicted molar refractivity (Wildman–Crippen MR) is 96.7 cm³/mol. The standard InChI is InChI=1S/C19H13F3N2O2S/c20-19(21,22)13-6-5-7-14(12-13)26-11-4-3-10-23-17(25)18-24-15-8-1-2-9-16(15)27-18/h1-2,5-9,12H,10-11H2,(H,23,25). The van der Waals surface area contributed by atoms with Gasteiger partial charge in [0.25, 0.3) is 5.91 Å². The summed E-state index contributed by atoms with van der Waals surface area (Å²) >= 11 is 1.29. The highest BCUT2D eigenvalue weighted by Crippen LogP contribution is 2.31. The number of hydrogen-bond acceptors (Lipinski definition) is 4. The summed E-state index contributed by atoms with van der Waals surface area (Å²) in [5.74, 6) is 5.07. The van der Waals surface area contributed by atoms with Crippen LogP contribution in [-0.2, 0) is 6.18 Å². The number of alkyl halides is 3. The van der Waals surface area contributed by atoms with Crippen molar-refractivity contribution in [2.24, 2.45) is 0 Å². The number of fused-ring (bicyclic) bond motifs is 1. The first-order valence-corrected chi connectivity index (χ1v) is 8.65. The van der Waals surface area contributed by atoms with E-state index >= 15 is 0 Å². The number of hydrogen-bond donors (Lipinski definition) is 1. The van der Waals surface area contributed by atoms with Crippen molar-refractivity contribution in [1.82, 2.24) is 10.3 Å². The summed E-state index contributed by atoms with van der Waals surface area (Å²) in [4.78, 5) is 16.3. The lowest BCUT2D eigenvalue weighted by Crippen LogP contribution is -2.23. The van der Waals surface area contributed by atoms with Crippen molar-refractivity contribution in [2.45, 2.75) is 6.18 Å². The number of nitrogens with zero attached hydrogens (tertiary/aromatic N) is 1. The van der Waals surface area contributed by atoms with Gasteiger partial charge in [0.15, 0.2) is 5.01 Å². The monoisotopic (exact) mass is 390 g/mol. The number of nitrogens with one attached hydrogen (secondary N) is 1. The topological polar surface area (TPSA) is 51.2 Å². The average Bonchev–Trinajstić information content (AvgIpc) is 3.08. The number of para-hydroxylation sites is 1. The molecule has 1 aromatic heterocycles. The minimum absolute atomic E-state index is 0.0811. The van der Waals surface area contributed by atoms with E-state index in [0.29, 0.717) is 5.01 Å². The highest BCUT2D eigenvalue weighted by atomic mass is 32.1. The van der Waals surface area contributed by atoms with Crippen molar-refractivity contribution in [1.29, 1.82) is 0 Å². The number of amides is 1. The van der Waals surface area contributed by atoms with Crippen LogP contribution < -0.4 is 10.1 Å². The van der Waals surface area contributed by atoms with Gasteiger partial charge in [0.05, 0.1) is 22.3 Å². The number of rotatable bonds is 4. The van der Waals surface area contributed by atoms with Crippen LogP contribution in [0.1, 0.15) is 15.4 Å². The van der Waals surface area contributed by atoms with Crippen LogP contribution in [0.2, 0.25) is 0 Å². The van der Waals surface area contributed by atoms with E-state index < -0.39 is 11.7 Å². The van der Waals surface area contributed by atoms with Crippen molar-refractivity contribution in [3.8, 4) is 17.6 Å². The van der Waals surface area contributed by atoms with E-state index in [1.165, 1.54) is 23.5 Å². The molecule has 0 bridgehead atoms. The van der Waals surface area contributed by atoms with E-state index in [-0.39, 0.29) is 24.8 Å². The summed E-state index contributed by atoms with van der Waals surface area (Å²) in [6.45, 7) is -0.000964. The van der Waals surface area contributed by atoms with Crippen molar-refractivity contribution < 1.29 is 22.7 Å². The van der Waals surface area contributed by atoms with Crippen molar-refractivity contribution in [3.63, 3.8) is 0 Å². The molecule has 1 amide bonds. The van der Waals surface area contributed by atoms with Crippen LogP contribution in [0.15, 0.2) is 48.5 Å². The third kappa shape index (κ3) is 4.99. The van der Waals surface area contributed by atoms with Gasteiger partial charge >= 0.3 is 6.18 Å². The molecule has 0 saturated heterocycles. The third-order valence-corrected chi connectivity index (χ3v) is 4.46. The molecular weight excluding hydrogens is 377 g/mol. The first kappa shape index (κ1) is 18.7. The van der Waals surface area contributed by atoms with Gasteiger partial charge in [0.1, 0.15) is 12.4 Å². The van der Waals surface area contributed by atoms with E-state index in [9.17, 15) is 18.0 Å². The zero-order valence-electron chi connectivity index (χ0n) is 13.8. The van der Waals surface area contributed by atoms with E-state index in [4.69, 9.17) is 4.74 Å². The molecule has 4 nitrogen and oxygen atoms in total. The molecule has 0 radical (unpaired) electrons. The summed E-state index contributed by atoms with van der Waals surface area (Å²) in [6, 6.07) is 12.0. The number of aromatic nitrogens is 1. The Hall–Kier alpha value is -3.05. The quantitative estimate of drug-likeness (QED) is 0.682. The Morgan fingerprint density at radius 1 is 1.15 bits per heavy atom. The molecule has 0 fully saturated rings. The third-order valence-electron chi connectivity index (χ3n) is 3.42. The van der Waals surface area contributed by atoms with Crippen LogP contribution in [0, 0.1) is 11.8 Å². The lowest BCUT2D eigenvalue weighted by atomic mass is 10.2. The summed E-state index contributed by atoms with van der Waals surface area (Å²) in [6.07, 6.45) is -4.42. The Morgan fingerprint density at radius 2 is 1.96 bits per heavy atom. The number of carbonyl (C=O) groups is 1. The number of thiazole rings is 1. The predicted octanol–water partition coefficient (Wildman–Crippen LogP) is 4.13. The van der Waals surface area contributed by atoms with E-state index in [0.717, 1.165) is 22.3 Å². The van der Waals surface area contributed by atoms with Crippen LogP contribution >= 0.6 is 11.3 Å². The molecule has 3 aromatic rings. The molecular formula is C19H13F3N2O2S. The Morgan fingerprint density at radius 3 is 2.74 bits per heavy atom. The molecule has 0 aliphatic rings. The first-order valence-electron chi connectivity index (χ1n) is 7.83. The summed E-state index contributed by atoms with van der Waals surface area (Å²) in [5.41, 5.74) is -0.0238. The molecule has 0 spiro atoms. The van der Waals surface area contributed by atoms with Crippen LogP contribution in [0.4, 0.5) is 13.2 Å². The lowest BCUT2D eigenvalue weighted by Gasteiger charge is -2.08. The van der Waals surface area contributed by atoms with Crippen LogP contribution in [0.25, 0.3) is 10.2 Å². The largest absolute Gasteiger partial charge is 0.481 e. The molecule has 1 N–H and O–H groups in total. The fourth-order valence-electron chi connectivity index (χ4n) is 2.16. The Bertz CT molecular complexity index is 986. The fraction of sp³-hybridized carbons (Fsp3) is 0.158. The van der Waals surface area contributed by atoms with Crippen LogP contribution in [0.5, 0.6) is 5.75 Å². The Balaban J connectivity index is 1.48. The number of carbonyl (C=O) groups excluding carboxylic acids is 1. The zero-order chi connectivity index (χ0) is 19.3. The minimum Gasteiger partial charge on any atom is -0.481 e. The molecule has 0 aliphatic carbocycles. The van der Waals surface area contributed by atoms with Gasteiger partial charge in [-0.1, -0.05) is 30.0 Å². The Kier molecular flexibility index (Phi) is 5.62. The van der Waals surface area contributed by atoms with Crippen molar-refractivity contribution in [2.75, 3.05) is 13.2 Å². The molecule has 1 heterocycles. The van der Waals surface area contributed by atoms with Gasteiger partial charge in [-0.3, -0.25) is 4.79 Å². The molecule has 0 saturated carbocycles. The maximum absolute atomic E-state index is 12.6. The molecule has 8 heteroatoms. The smallest absolute Gasteiger partial charge is 0.416 e. The summed E-state index contributed by atoms with van der Waals surface area (Å²) in [5, 5.41) is 2.96. The van der Waals surface area contributed by atoms with Gasteiger partial charge in [-0.2, -0.15) is 13.2 Å². The van der Waals surface area contributed by atoms with E-state index in [2.05, 4.69) is 22.1 Å². The Labute approximate surface area is 157 Å². The molecule has 3 rings (SSSR count). The van der Waals surface area contributed by atoms with Gasteiger partial charge < -0.3 is 10.1 Å². The molecule has 138 valence electrons. The first-order chi connectivity index (χ1) is 12.9. The van der Waals surface area contributed by atoms with Crippen LogP contribution in [0.3, 0.4) is 0 Å². The van der Waals surface area contributed by atoms with Crippen molar-refractivity contribution in [3.05, 3.63) is 59.1 Å². The molecule has 27 heavy (non-hydrogen) atoms. The lowest BCUT2D eigenvalue weighted by molar-refractivity contribution is -0.137. The highest BCUT2D eigenvalue weighted by Gasteiger charge is 2.30. The van der Waals surface area contributed by atoms with Gasteiger partial charge in [-0.25, -0.2) is 4.98 Å². The van der Waals surface area contributed by atoms with E-state index in [1.807, 2.05) is 24.3 Å². The van der Waals surface area contributed by atoms with E-state index in [1.54, 1.807) is 0 Å². The molecule has 0 aliphatic heterocycles. The SMILES string of the molecule is O=C(NCC#CCOc1cccc(C(F)(F)F)c1)c1nc2ccccc2s1. The molecule has 0 unspecified atom stereocenters.